The second-order valence-corrected chi connectivity index (χ2v) is 8.97. The number of methoxy groups -OCH3 is 1. The minimum Gasteiger partial charge on any atom is -0.465 e. The molecule has 0 unspecified atom stereocenters. The molecule has 0 saturated carbocycles. The molecule has 0 aliphatic heterocycles. The van der Waals surface area contributed by atoms with Crippen LogP contribution in [0, 0.1) is 0 Å². The second-order valence-electron chi connectivity index (χ2n) is 8.06. The molecule has 4 aromatic rings. The van der Waals surface area contributed by atoms with Crippen molar-refractivity contribution in [3.8, 4) is 0 Å². The minimum absolute atomic E-state index is 0.0858. The van der Waals surface area contributed by atoms with Crippen LogP contribution >= 0.6 is 11.3 Å². The number of hydrogen-bond acceptors (Lipinski definition) is 7. The van der Waals surface area contributed by atoms with Gasteiger partial charge in [0.25, 0.3) is 5.56 Å². The van der Waals surface area contributed by atoms with Gasteiger partial charge in [-0.2, -0.15) is 0 Å². The number of rotatable bonds is 9. The number of nitrogens with one attached hydrogen (secondary N) is 2. The molecule has 11 heteroatoms. The molecule has 2 aromatic carbocycles. The van der Waals surface area contributed by atoms with Crippen molar-refractivity contribution in [2.45, 2.75) is 26.1 Å². The number of carbonyl (C=O) groups excluding carboxylic acids is 3. The molecule has 0 aliphatic carbocycles. The van der Waals surface area contributed by atoms with Gasteiger partial charge < -0.3 is 15.4 Å². The van der Waals surface area contributed by atoms with Gasteiger partial charge in [-0.05, 0) is 29.1 Å². The van der Waals surface area contributed by atoms with E-state index in [9.17, 15) is 24.0 Å². The van der Waals surface area contributed by atoms with E-state index in [1.807, 2.05) is 30.3 Å². The van der Waals surface area contributed by atoms with E-state index in [-0.39, 0.29) is 30.1 Å². The lowest BCUT2D eigenvalue weighted by atomic mass is 10.2. The molecule has 2 N–H and O–H groups in total. The summed E-state index contributed by atoms with van der Waals surface area (Å²) in [7, 11) is 1.24. The molecule has 2 heterocycles. The number of carbonyl (C=O) groups is 3. The number of anilines is 1. The van der Waals surface area contributed by atoms with E-state index < -0.39 is 29.7 Å². The van der Waals surface area contributed by atoms with Gasteiger partial charge in [0.2, 0.25) is 11.8 Å². The fourth-order valence-electron chi connectivity index (χ4n) is 3.79. The number of hydrogen-bond donors (Lipinski definition) is 2. The molecule has 0 saturated heterocycles. The molecular formula is C26H24N4O6S. The van der Waals surface area contributed by atoms with Crippen molar-refractivity contribution in [2.24, 2.45) is 0 Å². The van der Waals surface area contributed by atoms with Gasteiger partial charge in [0.05, 0.1) is 23.9 Å². The molecule has 0 spiro atoms. The van der Waals surface area contributed by atoms with E-state index in [1.54, 1.807) is 29.6 Å². The zero-order valence-electron chi connectivity index (χ0n) is 19.9. The van der Waals surface area contributed by atoms with Crippen LogP contribution in [0.1, 0.15) is 22.3 Å². The van der Waals surface area contributed by atoms with Crippen LogP contribution in [0.2, 0.25) is 0 Å². The summed E-state index contributed by atoms with van der Waals surface area (Å²) in [6.45, 7) is -0.211. The molecule has 37 heavy (non-hydrogen) atoms. The number of nitrogens with zero attached hydrogens (tertiary/aromatic N) is 2. The van der Waals surface area contributed by atoms with Crippen molar-refractivity contribution in [1.29, 1.82) is 0 Å². The number of para-hydroxylation sites is 1. The first-order valence-electron chi connectivity index (χ1n) is 11.4. The summed E-state index contributed by atoms with van der Waals surface area (Å²) in [5.41, 5.74) is 0.424. The lowest BCUT2D eigenvalue weighted by molar-refractivity contribution is -0.121. The summed E-state index contributed by atoms with van der Waals surface area (Å²) in [5, 5.41) is 7.05. The lowest BCUT2D eigenvalue weighted by Gasteiger charge is -2.13. The van der Waals surface area contributed by atoms with Crippen LogP contribution in [-0.4, -0.2) is 34.0 Å². The maximum atomic E-state index is 13.2. The van der Waals surface area contributed by atoms with Crippen LogP contribution in [0.25, 0.3) is 10.2 Å². The van der Waals surface area contributed by atoms with Crippen molar-refractivity contribution >= 4 is 45.0 Å². The Morgan fingerprint density at radius 1 is 0.919 bits per heavy atom. The average molecular weight is 521 g/mol. The smallest absolute Gasteiger partial charge is 0.339 e. The summed E-state index contributed by atoms with van der Waals surface area (Å²) in [5.74, 6) is -1.51. The van der Waals surface area contributed by atoms with Crippen molar-refractivity contribution in [1.82, 2.24) is 14.5 Å². The first kappa shape index (κ1) is 25.6. The lowest BCUT2D eigenvalue weighted by Crippen LogP contribution is -2.42. The fourth-order valence-corrected chi connectivity index (χ4v) is 4.64. The number of aromatic nitrogens is 2. The monoisotopic (exact) mass is 520 g/mol. The first-order chi connectivity index (χ1) is 17.9. The molecule has 0 radical (unpaired) electrons. The van der Waals surface area contributed by atoms with Gasteiger partial charge in [0.1, 0.15) is 11.2 Å². The number of benzene rings is 2. The Labute approximate surface area is 215 Å². The number of thiophene rings is 1. The standard InChI is InChI=1S/C26H24N4O6S/c1-36-25(34)18-9-5-6-10-19(18)28-22(32)16-30-20-12-14-37-23(20)24(33)29(26(30)35)13-11-21(31)27-15-17-7-3-2-4-8-17/h2-10,12,14H,11,13,15-16H2,1H3,(H,27,31)(H,28,32). The Hall–Kier alpha value is -4.51. The maximum absolute atomic E-state index is 13.2. The third-order valence-electron chi connectivity index (χ3n) is 5.64. The van der Waals surface area contributed by atoms with Gasteiger partial charge in [0, 0.05) is 19.5 Å². The van der Waals surface area contributed by atoms with E-state index in [4.69, 9.17) is 4.74 Å². The summed E-state index contributed by atoms with van der Waals surface area (Å²) >= 11 is 1.15. The Morgan fingerprint density at radius 2 is 1.65 bits per heavy atom. The number of amides is 2. The van der Waals surface area contributed by atoms with Crippen LogP contribution in [-0.2, 0) is 34.0 Å². The Morgan fingerprint density at radius 3 is 2.41 bits per heavy atom. The second kappa shape index (κ2) is 11.5. The number of ether oxygens (including phenoxy) is 1. The van der Waals surface area contributed by atoms with Crippen molar-refractivity contribution in [3.05, 3.63) is 98.0 Å². The SMILES string of the molecule is COC(=O)c1ccccc1NC(=O)Cn1c(=O)n(CCC(=O)NCc2ccccc2)c(=O)c2sccc21. The average Bonchev–Trinajstić information content (AvgIpc) is 3.40. The predicted molar refractivity (Wildman–Crippen MR) is 140 cm³/mol. The minimum atomic E-state index is -0.705. The van der Waals surface area contributed by atoms with Gasteiger partial charge in [-0.25, -0.2) is 9.59 Å². The molecule has 0 fully saturated rings. The molecule has 10 nitrogen and oxygen atoms in total. The zero-order chi connectivity index (χ0) is 26.4. The van der Waals surface area contributed by atoms with Gasteiger partial charge in [-0.3, -0.25) is 23.5 Å². The molecule has 0 bridgehead atoms. The van der Waals surface area contributed by atoms with Gasteiger partial charge in [-0.1, -0.05) is 42.5 Å². The molecule has 190 valence electrons. The van der Waals surface area contributed by atoms with E-state index in [0.717, 1.165) is 21.5 Å². The van der Waals surface area contributed by atoms with Crippen LogP contribution in [0.3, 0.4) is 0 Å². The summed E-state index contributed by atoms with van der Waals surface area (Å²) in [6, 6.07) is 17.3. The number of fused-ring (bicyclic) bond motifs is 1. The molecule has 2 amide bonds. The highest BCUT2D eigenvalue weighted by atomic mass is 32.1. The third-order valence-corrected chi connectivity index (χ3v) is 6.53. The van der Waals surface area contributed by atoms with Gasteiger partial charge in [-0.15, -0.1) is 11.3 Å². The predicted octanol–water partition coefficient (Wildman–Crippen LogP) is 2.36. The molecule has 0 aliphatic rings. The summed E-state index contributed by atoms with van der Waals surface area (Å²) < 4.78 is 7.20. The van der Waals surface area contributed by atoms with E-state index in [1.165, 1.54) is 17.7 Å². The highest BCUT2D eigenvalue weighted by Crippen LogP contribution is 2.18. The maximum Gasteiger partial charge on any atom is 0.339 e. The number of esters is 1. The normalized spacial score (nSPS) is 10.7. The first-order valence-corrected chi connectivity index (χ1v) is 12.3. The summed E-state index contributed by atoms with van der Waals surface area (Å²) in [6.07, 6.45) is -0.0858. The van der Waals surface area contributed by atoms with Crippen molar-refractivity contribution < 1.29 is 19.1 Å². The van der Waals surface area contributed by atoms with Crippen LogP contribution in [0.4, 0.5) is 5.69 Å². The molecule has 4 rings (SSSR count). The van der Waals surface area contributed by atoms with E-state index in [0.29, 0.717) is 16.8 Å². The van der Waals surface area contributed by atoms with Crippen molar-refractivity contribution in [2.75, 3.05) is 12.4 Å². The Bertz CT molecular complexity index is 1570. The van der Waals surface area contributed by atoms with E-state index >= 15 is 0 Å². The highest BCUT2D eigenvalue weighted by Gasteiger charge is 2.19. The summed E-state index contributed by atoms with van der Waals surface area (Å²) in [4.78, 5) is 63.5. The van der Waals surface area contributed by atoms with Gasteiger partial charge in [0.15, 0.2) is 0 Å². The molecular weight excluding hydrogens is 496 g/mol. The largest absolute Gasteiger partial charge is 0.465 e. The fraction of sp³-hybridized carbons (Fsp3) is 0.192. The van der Waals surface area contributed by atoms with Crippen LogP contribution < -0.4 is 21.9 Å². The molecule has 0 atom stereocenters. The Balaban J connectivity index is 1.53. The van der Waals surface area contributed by atoms with Crippen LogP contribution in [0.5, 0.6) is 0 Å². The highest BCUT2D eigenvalue weighted by molar-refractivity contribution is 7.17. The third kappa shape index (κ3) is 5.84. The zero-order valence-corrected chi connectivity index (χ0v) is 20.7. The topological polar surface area (TPSA) is 128 Å². The quantitative estimate of drug-likeness (QED) is 0.326. The Kier molecular flexibility index (Phi) is 7.94. The van der Waals surface area contributed by atoms with Crippen molar-refractivity contribution in [3.63, 3.8) is 0 Å². The van der Waals surface area contributed by atoms with E-state index in [2.05, 4.69) is 10.6 Å². The van der Waals surface area contributed by atoms with Gasteiger partial charge >= 0.3 is 11.7 Å². The molecule has 2 aromatic heterocycles. The van der Waals surface area contributed by atoms with Crippen LogP contribution in [0.15, 0.2) is 75.6 Å².